The maximum atomic E-state index is 8.70. The average molecular weight is 351 g/mol. The van der Waals surface area contributed by atoms with Gasteiger partial charge in [-0.05, 0) is 46.6 Å². The van der Waals surface area contributed by atoms with Crippen molar-refractivity contribution < 1.29 is 5.21 Å². The van der Waals surface area contributed by atoms with E-state index in [0.29, 0.717) is 5.56 Å². The van der Waals surface area contributed by atoms with Gasteiger partial charge in [-0.2, -0.15) is 0 Å². The number of amidine groups is 1. The Balaban J connectivity index is 2.09. The third kappa shape index (κ3) is 3.77. The summed E-state index contributed by atoms with van der Waals surface area (Å²) < 4.78 is 0.821. The van der Waals surface area contributed by atoms with E-state index >= 15 is 0 Å². The number of halogens is 1. The smallest absolute Gasteiger partial charge is 0.171 e. The van der Waals surface area contributed by atoms with E-state index in [-0.39, 0.29) is 5.84 Å². The first-order valence-corrected chi connectivity index (χ1v) is 7.84. The number of thioether (sulfide) groups is 1. The van der Waals surface area contributed by atoms with Gasteiger partial charge in [0.1, 0.15) is 0 Å². The van der Waals surface area contributed by atoms with Gasteiger partial charge in [0, 0.05) is 20.7 Å². The van der Waals surface area contributed by atoms with Gasteiger partial charge in [0.25, 0.3) is 0 Å². The van der Waals surface area contributed by atoms with Gasteiger partial charge in [-0.3, -0.25) is 0 Å². The van der Waals surface area contributed by atoms with Gasteiger partial charge in [0.15, 0.2) is 5.84 Å². The normalized spacial score (nSPS) is 11.6. The average Bonchev–Trinajstić information content (AvgIpc) is 2.44. The van der Waals surface area contributed by atoms with Crippen LogP contribution in [-0.4, -0.2) is 11.0 Å². The summed E-state index contributed by atoms with van der Waals surface area (Å²) in [6.45, 7) is 2.09. The molecule has 0 heterocycles. The molecule has 0 aliphatic rings. The number of oxime groups is 1. The molecule has 20 heavy (non-hydrogen) atoms. The number of hydrogen-bond donors (Lipinski definition) is 2. The molecule has 0 atom stereocenters. The van der Waals surface area contributed by atoms with E-state index in [2.05, 4.69) is 52.3 Å². The highest BCUT2D eigenvalue weighted by atomic mass is 79.9. The summed E-state index contributed by atoms with van der Waals surface area (Å²) in [5, 5.41) is 11.7. The Labute approximate surface area is 131 Å². The number of aryl methyl sites for hydroxylation is 1. The molecular formula is C15H15BrN2OS. The van der Waals surface area contributed by atoms with E-state index in [1.54, 1.807) is 11.8 Å². The first-order valence-electron chi connectivity index (χ1n) is 6.06. The quantitative estimate of drug-likeness (QED) is 0.286. The van der Waals surface area contributed by atoms with Crippen LogP contribution in [0.1, 0.15) is 16.7 Å². The zero-order chi connectivity index (χ0) is 14.5. The molecule has 0 amide bonds. The van der Waals surface area contributed by atoms with Crippen molar-refractivity contribution in [2.75, 3.05) is 0 Å². The fourth-order valence-electron chi connectivity index (χ4n) is 1.82. The third-order valence-corrected chi connectivity index (χ3v) is 4.53. The van der Waals surface area contributed by atoms with Gasteiger partial charge in [-0.15, -0.1) is 11.8 Å². The van der Waals surface area contributed by atoms with Crippen molar-refractivity contribution in [3.05, 3.63) is 63.6 Å². The number of benzene rings is 2. The van der Waals surface area contributed by atoms with Crippen LogP contribution in [0.2, 0.25) is 0 Å². The van der Waals surface area contributed by atoms with E-state index in [9.17, 15) is 0 Å². The molecule has 5 heteroatoms. The van der Waals surface area contributed by atoms with Gasteiger partial charge in [-0.1, -0.05) is 35.0 Å². The predicted molar refractivity (Wildman–Crippen MR) is 87.4 cm³/mol. The Morgan fingerprint density at radius 2 is 2.10 bits per heavy atom. The molecule has 2 aromatic rings. The van der Waals surface area contributed by atoms with Crippen LogP contribution < -0.4 is 5.73 Å². The summed E-state index contributed by atoms with van der Waals surface area (Å²) in [5.74, 6) is 1.02. The van der Waals surface area contributed by atoms with Crippen LogP contribution >= 0.6 is 27.7 Å². The van der Waals surface area contributed by atoms with Crippen molar-refractivity contribution in [1.82, 2.24) is 0 Å². The topological polar surface area (TPSA) is 58.6 Å². The molecule has 0 spiro atoms. The zero-order valence-corrected chi connectivity index (χ0v) is 13.4. The van der Waals surface area contributed by atoms with Crippen LogP contribution in [0, 0.1) is 6.92 Å². The molecule has 3 N–H and O–H groups in total. The molecule has 0 radical (unpaired) electrons. The Bertz CT molecular complexity index is 644. The second-order valence-corrected chi connectivity index (χ2v) is 6.31. The van der Waals surface area contributed by atoms with Crippen molar-refractivity contribution in [2.24, 2.45) is 10.9 Å². The standard InChI is InChI=1S/C15H15BrN2OS/c1-10-3-2-4-11(7-10)9-20-12-5-6-13(14(16)8-12)15(17)18-19/h2-8,19H,9H2,1H3,(H2,17,18). The fraction of sp³-hybridized carbons (Fsp3) is 0.133. The summed E-state index contributed by atoms with van der Waals surface area (Å²) in [4.78, 5) is 1.13. The second kappa shape index (κ2) is 6.81. The number of nitrogens with two attached hydrogens (primary N) is 1. The lowest BCUT2D eigenvalue weighted by molar-refractivity contribution is 0.318. The van der Waals surface area contributed by atoms with Crippen LogP contribution in [-0.2, 0) is 5.75 Å². The molecule has 0 aromatic heterocycles. The molecule has 0 aliphatic heterocycles. The first-order chi connectivity index (χ1) is 9.60. The fourth-order valence-corrected chi connectivity index (χ4v) is 3.43. The molecular weight excluding hydrogens is 336 g/mol. The van der Waals surface area contributed by atoms with Crippen LogP contribution in [0.15, 0.2) is 57.0 Å². The minimum Gasteiger partial charge on any atom is -0.409 e. The Kier molecular flexibility index (Phi) is 5.09. The lowest BCUT2D eigenvalue weighted by Crippen LogP contribution is -2.13. The summed E-state index contributed by atoms with van der Waals surface area (Å²) in [5.41, 5.74) is 8.85. The highest BCUT2D eigenvalue weighted by Gasteiger charge is 2.06. The third-order valence-electron chi connectivity index (χ3n) is 2.81. The van der Waals surface area contributed by atoms with Gasteiger partial charge in [-0.25, -0.2) is 0 Å². The van der Waals surface area contributed by atoms with Crippen LogP contribution in [0.4, 0.5) is 0 Å². The summed E-state index contributed by atoms with van der Waals surface area (Å²) in [6, 6.07) is 14.3. The van der Waals surface area contributed by atoms with Crippen molar-refractivity contribution in [3.63, 3.8) is 0 Å². The van der Waals surface area contributed by atoms with E-state index in [0.717, 1.165) is 15.1 Å². The maximum Gasteiger partial charge on any atom is 0.171 e. The highest BCUT2D eigenvalue weighted by molar-refractivity contribution is 9.10. The second-order valence-electron chi connectivity index (χ2n) is 4.40. The Morgan fingerprint density at radius 1 is 1.30 bits per heavy atom. The molecule has 0 unspecified atom stereocenters. The predicted octanol–water partition coefficient (Wildman–Crippen LogP) is 4.14. The van der Waals surface area contributed by atoms with Crippen molar-refractivity contribution in [2.45, 2.75) is 17.6 Å². The molecule has 2 aromatic carbocycles. The van der Waals surface area contributed by atoms with Crippen molar-refractivity contribution in [1.29, 1.82) is 0 Å². The number of nitrogens with zero attached hydrogens (tertiary/aromatic N) is 1. The first kappa shape index (κ1) is 14.9. The van der Waals surface area contributed by atoms with Gasteiger partial charge in [0.2, 0.25) is 0 Å². The molecule has 104 valence electrons. The van der Waals surface area contributed by atoms with Gasteiger partial charge < -0.3 is 10.9 Å². The van der Waals surface area contributed by atoms with Crippen LogP contribution in [0.5, 0.6) is 0 Å². The minimum atomic E-state index is 0.104. The maximum absolute atomic E-state index is 8.70. The molecule has 2 rings (SSSR count). The number of hydrogen-bond acceptors (Lipinski definition) is 3. The van der Waals surface area contributed by atoms with Crippen molar-refractivity contribution >= 4 is 33.5 Å². The molecule has 0 bridgehead atoms. The minimum absolute atomic E-state index is 0.104. The summed E-state index contributed by atoms with van der Waals surface area (Å²) in [6.07, 6.45) is 0. The largest absolute Gasteiger partial charge is 0.409 e. The molecule has 0 saturated heterocycles. The Hall–Kier alpha value is -1.46. The number of rotatable bonds is 4. The SMILES string of the molecule is Cc1cccc(CSc2ccc(/C(N)=N/O)c(Br)c2)c1. The van der Waals surface area contributed by atoms with E-state index in [1.807, 2.05) is 18.2 Å². The van der Waals surface area contributed by atoms with Gasteiger partial charge >= 0.3 is 0 Å². The molecule has 0 fully saturated rings. The molecule has 0 aliphatic carbocycles. The van der Waals surface area contributed by atoms with Crippen LogP contribution in [0.25, 0.3) is 0 Å². The van der Waals surface area contributed by atoms with Crippen LogP contribution in [0.3, 0.4) is 0 Å². The molecule has 3 nitrogen and oxygen atoms in total. The summed E-state index contributed by atoms with van der Waals surface area (Å²) >= 11 is 5.19. The van der Waals surface area contributed by atoms with Gasteiger partial charge in [0.05, 0.1) is 0 Å². The van der Waals surface area contributed by atoms with E-state index < -0.39 is 0 Å². The lowest BCUT2D eigenvalue weighted by atomic mass is 10.2. The molecule has 0 saturated carbocycles. The zero-order valence-electron chi connectivity index (χ0n) is 11.0. The summed E-state index contributed by atoms with van der Waals surface area (Å²) in [7, 11) is 0. The van der Waals surface area contributed by atoms with Crippen molar-refractivity contribution in [3.8, 4) is 0 Å². The van der Waals surface area contributed by atoms with E-state index in [4.69, 9.17) is 10.9 Å². The Morgan fingerprint density at radius 3 is 2.75 bits per heavy atom. The lowest BCUT2D eigenvalue weighted by Gasteiger charge is -2.07. The monoisotopic (exact) mass is 350 g/mol. The van der Waals surface area contributed by atoms with E-state index in [1.165, 1.54) is 11.1 Å². The highest BCUT2D eigenvalue weighted by Crippen LogP contribution is 2.28.